The van der Waals surface area contributed by atoms with Crippen molar-refractivity contribution in [1.29, 1.82) is 0 Å². The van der Waals surface area contributed by atoms with Crippen LogP contribution in [0, 0.1) is 47.3 Å². The van der Waals surface area contributed by atoms with Crippen molar-refractivity contribution in [2.45, 2.75) is 201 Å². The monoisotopic (exact) mass is 1070 g/mol. The van der Waals surface area contributed by atoms with Gasteiger partial charge >= 0.3 is 0 Å². The predicted molar refractivity (Wildman–Crippen MR) is 302 cm³/mol. The molecule has 1 aromatic carbocycles. The van der Waals surface area contributed by atoms with Crippen molar-refractivity contribution in [1.82, 2.24) is 24.7 Å². The molecule has 2 aromatic rings. The zero-order valence-electron chi connectivity index (χ0n) is 49.3. The number of rotatable bonds is 32. The number of ether oxygens (including phenoxy) is 2. The van der Waals surface area contributed by atoms with Gasteiger partial charge in [-0.15, -0.1) is 0 Å². The largest absolute Gasteiger partial charge is 0.379 e. The van der Waals surface area contributed by atoms with Crippen LogP contribution in [0.4, 0.5) is 0 Å². The second-order valence-electron chi connectivity index (χ2n) is 24.1. The van der Waals surface area contributed by atoms with Crippen LogP contribution >= 0.6 is 0 Å². The van der Waals surface area contributed by atoms with Crippen molar-refractivity contribution in [3.63, 3.8) is 0 Å². The molecule has 0 bridgehead atoms. The third-order valence-corrected chi connectivity index (χ3v) is 17.9. The van der Waals surface area contributed by atoms with E-state index in [1.165, 1.54) is 5.06 Å². The number of ketones is 4. The number of hydrogen-bond acceptors (Lipinski definition) is 11. The summed E-state index contributed by atoms with van der Waals surface area (Å²) in [6.45, 7) is 17.9. The Labute approximate surface area is 461 Å². The highest BCUT2D eigenvalue weighted by Crippen LogP contribution is 2.35. The number of carbonyl (C=O) groups is 7. The van der Waals surface area contributed by atoms with E-state index >= 15 is 0 Å². The standard InChI is InChI=1S/C62H99N5O10/c1-13-42(6)59(65(10)62(74)51(40(2)3)37-55(71)58(41(4)5)64(9)30-18-14-15-22-49(69)34-45-26-28-46(29-27-45)44(8)68)56(75-11)38-57(72)66-31-21-25-53(66)60(76-12)43(7)54(70)36-47(61(73)67-32-19-20-33-77-67)35-48-39-63-52-24-17-16-23-50(48)52/h16-17,23-24,39-43,45-47,51,53,56,58-60,63H,13-15,18-22,25-38H2,1-12H3/t42-,43-,45?,46?,47+,51-,53-,56+,58-,59-,60+/m0/s1. The number of fused-ring (bicyclic) bond motifs is 1. The van der Waals surface area contributed by atoms with Crippen molar-refractivity contribution in [3.05, 3.63) is 36.0 Å². The molecule has 15 nitrogen and oxygen atoms in total. The highest BCUT2D eigenvalue weighted by atomic mass is 16.7. The second kappa shape index (κ2) is 30.9. The van der Waals surface area contributed by atoms with Gasteiger partial charge in [-0.05, 0) is 126 Å². The molecule has 2 aliphatic heterocycles. The summed E-state index contributed by atoms with van der Waals surface area (Å²) in [7, 11) is 6.94. The van der Waals surface area contributed by atoms with Crippen LogP contribution < -0.4 is 0 Å². The average Bonchev–Trinajstić information content (AvgIpc) is 4.07. The van der Waals surface area contributed by atoms with Crippen LogP contribution in [0.15, 0.2) is 30.5 Å². The maximum Gasteiger partial charge on any atom is 0.250 e. The van der Waals surface area contributed by atoms with Crippen molar-refractivity contribution in [3.8, 4) is 0 Å². The molecule has 0 radical (unpaired) electrons. The number of hydrogen-bond donors (Lipinski definition) is 1. The number of nitrogens with zero attached hydrogens (tertiary/aromatic N) is 4. The number of nitrogens with one attached hydrogen (secondary N) is 1. The number of hydroxylamine groups is 2. The molecule has 1 saturated carbocycles. The second-order valence-corrected chi connectivity index (χ2v) is 24.1. The number of unbranched alkanes of at least 4 members (excludes halogenated alkanes) is 2. The van der Waals surface area contributed by atoms with Gasteiger partial charge in [0.15, 0.2) is 5.78 Å². The van der Waals surface area contributed by atoms with E-state index in [0.29, 0.717) is 63.6 Å². The maximum atomic E-state index is 14.8. The van der Waals surface area contributed by atoms with Crippen LogP contribution in [0.25, 0.3) is 10.9 Å². The third kappa shape index (κ3) is 17.3. The summed E-state index contributed by atoms with van der Waals surface area (Å²) in [5, 5.41) is 2.45. The molecule has 3 heterocycles. The fourth-order valence-corrected chi connectivity index (χ4v) is 13.1. The minimum absolute atomic E-state index is 0.00198. The highest BCUT2D eigenvalue weighted by Gasteiger charge is 2.44. The molecule has 3 amide bonds. The number of benzene rings is 1. The lowest BCUT2D eigenvalue weighted by Gasteiger charge is -2.41. The number of likely N-dealkylation sites (N-methyl/N-ethyl adjacent to an activating group) is 2. The Morgan fingerprint density at radius 2 is 1.52 bits per heavy atom. The fraction of sp³-hybridized carbons (Fsp3) is 0.758. The molecule has 3 fully saturated rings. The first-order valence-electron chi connectivity index (χ1n) is 29.6. The number of carbonyl (C=O) groups excluding carboxylic acids is 7. The number of amides is 3. The van der Waals surface area contributed by atoms with Crippen molar-refractivity contribution < 1.29 is 47.9 Å². The van der Waals surface area contributed by atoms with E-state index in [1.54, 1.807) is 33.1 Å². The molecule has 3 aliphatic rings. The van der Waals surface area contributed by atoms with Gasteiger partial charge in [0.05, 0.1) is 49.3 Å². The van der Waals surface area contributed by atoms with E-state index in [2.05, 4.69) is 37.6 Å². The van der Waals surface area contributed by atoms with Crippen LogP contribution in [0.3, 0.4) is 0 Å². The Balaban J connectivity index is 1.20. The third-order valence-electron chi connectivity index (χ3n) is 17.9. The van der Waals surface area contributed by atoms with E-state index in [-0.39, 0.29) is 90.1 Å². The zero-order chi connectivity index (χ0) is 56.5. The van der Waals surface area contributed by atoms with Crippen molar-refractivity contribution >= 4 is 51.8 Å². The molecule has 1 aromatic heterocycles. The van der Waals surface area contributed by atoms with Crippen LogP contribution in [-0.4, -0.2) is 150 Å². The van der Waals surface area contributed by atoms with Gasteiger partial charge < -0.3 is 24.3 Å². The summed E-state index contributed by atoms with van der Waals surface area (Å²) in [5.74, 6) is -1.45. The minimum atomic E-state index is -0.653. The summed E-state index contributed by atoms with van der Waals surface area (Å²) >= 11 is 0. The first-order chi connectivity index (χ1) is 36.7. The van der Waals surface area contributed by atoms with E-state index in [9.17, 15) is 33.6 Å². The zero-order valence-corrected chi connectivity index (χ0v) is 49.3. The normalized spacial score (nSPS) is 21.4. The number of para-hydroxylation sites is 1. The number of aromatic nitrogens is 1. The van der Waals surface area contributed by atoms with Crippen LogP contribution in [-0.2, 0) is 54.3 Å². The van der Waals surface area contributed by atoms with Gasteiger partial charge in [0.1, 0.15) is 17.3 Å². The fourth-order valence-electron chi connectivity index (χ4n) is 13.1. The van der Waals surface area contributed by atoms with Crippen molar-refractivity contribution in [2.75, 3.05) is 54.6 Å². The molecule has 1 aliphatic carbocycles. The van der Waals surface area contributed by atoms with Crippen LogP contribution in [0.1, 0.15) is 170 Å². The van der Waals surface area contributed by atoms with Gasteiger partial charge in [-0.2, -0.15) is 0 Å². The lowest BCUT2D eigenvalue weighted by molar-refractivity contribution is -0.201. The summed E-state index contributed by atoms with van der Waals surface area (Å²) in [6, 6.07) is 6.71. The quantitative estimate of drug-likeness (QED) is 0.0691. The van der Waals surface area contributed by atoms with Crippen LogP contribution in [0.2, 0.25) is 0 Å². The molecular weight excluding hydrogens is 975 g/mol. The van der Waals surface area contributed by atoms with Crippen molar-refractivity contribution in [2.24, 2.45) is 47.3 Å². The summed E-state index contributed by atoms with van der Waals surface area (Å²) < 4.78 is 12.3. The lowest BCUT2D eigenvalue weighted by atomic mass is 9.78. The molecule has 9 atom stereocenters. The van der Waals surface area contributed by atoms with E-state index in [1.807, 2.05) is 63.2 Å². The van der Waals surface area contributed by atoms with Gasteiger partial charge in [0, 0.05) is 94.9 Å². The van der Waals surface area contributed by atoms with E-state index < -0.39 is 36.0 Å². The molecule has 2 saturated heterocycles. The molecule has 0 spiro atoms. The summed E-state index contributed by atoms with van der Waals surface area (Å²) in [5.41, 5.74) is 1.92. The molecule has 15 heteroatoms. The lowest BCUT2D eigenvalue weighted by Crippen LogP contribution is -2.54. The number of Topliss-reactive ketones (excluding diaryl/α,β-unsaturated/α-hetero) is 4. The first-order valence-corrected chi connectivity index (χ1v) is 29.6. The van der Waals surface area contributed by atoms with Gasteiger partial charge in [0.25, 0.3) is 0 Å². The number of aromatic amines is 1. The van der Waals surface area contributed by atoms with Gasteiger partial charge in [-0.3, -0.25) is 43.3 Å². The van der Waals surface area contributed by atoms with E-state index in [0.717, 1.165) is 87.1 Å². The number of likely N-dealkylation sites (tertiary alicyclic amines) is 1. The first kappa shape index (κ1) is 63.5. The van der Waals surface area contributed by atoms with Gasteiger partial charge in [-0.1, -0.05) is 79.5 Å². The molecular formula is C62H99N5O10. The Kier molecular flexibility index (Phi) is 25.5. The van der Waals surface area contributed by atoms with Gasteiger partial charge in [0.2, 0.25) is 17.7 Å². The Morgan fingerprint density at radius 3 is 2.14 bits per heavy atom. The SMILES string of the molecule is CC[C@H](C)[C@@H]([C@@H](CC(=O)N1CCC[C@H]1[C@H](OC)[C@@H](C)C(=O)C[C@@H](Cc1c[nH]c2ccccc12)C(=O)N1CCCCO1)OC)N(C)C(=O)[C@@H](CC(=O)[C@H](C(C)C)N(C)CCCCCC(=O)CC1CCC(C(C)=O)CC1)C(C)C. The summed E-state index contributed by atoms with van der Waals surface area (Å²) in [4.78, 5) is 112. The maximum absolute atomic E-state index is 14.8. The average molecular weight is 1070 g/mol. The molecule has 432 valence electrons. The number of H-pyrrole nitrogens is 1. The molecule has 1 N–H and O–H groups in total. The van der Waals surface area contributed by atoms with E-state index in [4.69, 9.17) is 14.3 Å². The topological polar surface area (TPSA) is 176 Å². The summed E-state index contributed by atoms with van der Waals surface area (Å²) in [6.07, 6.45) is 12.4. The minimum Gasteiger partial charge on any atom is -0.379 e. The smallest absolute Gasteiger partial charge is 0.250 e. The van der Waals surface area contributed by atoms with Gasteiger partial charge in [-0.25, -0.2) is 5.06 Å². The predicted octanol–water partition coefficient (Wildman–Crippen LogP) is 9.86. The Hall–Kier alpha value is -4.31. The Morgan fingerprint density at radius 1 is 0.805 bits per heavy atom. The molecule has 0 unspecified atom stereocenters. The Bertz CT molecular complexity index is 2230. The molecule has 5 rings (SSSR count). The highest BCUT2D eigenvalue weighted by molar-refractivity contribution is 5.91. The number of methoxy groups -OCH3 is 2. The molecule has 77 heavy (non-hydrogen) atoms. The van der Waals surface area contributed by atoms with Crippen LogP contribution in [0.5, 0.6) is 0 Å².